The molecule has 3 rings (SSSR count). The van der Waals surface area contributed by atoms with E-state index in [9.17, 15) is 22.4 Å². The molecule has 0 aliphatic carbocycles. The zero-order valence-corrected chi connectivity index (χ0v) is 16.7. The van der Waals surface area contributed by atoms with Crippen LogP contribution in [0.1, 0.15) is 25.6 Å². The van der Waals surface area contributed by atoms with Crippen LogP contribution in [0.5, 0.6) is 0 Å². The van der Waals surface area contributed by atoms with Crippen molar-refractivity contribution in [1.82, 2.24) is 10.9 Å². The van der Waals surface area contributed by atoms with Gasteiger partial charge in [-0.1, -0.05) is 18.2 Å². The fourth-order valence-corrected chi connectivity index (χ4v) is 4.01. The molecule has 29 heavy (non-hydrogen) atoms. The summed E-state index contributed by atoms with van der Waals surface area (Å²) in [5.41, 5.74) is 5.10. The molecule has 0 aliphatic heterocycles. The molecule has 0 spiro atoms. The number of aryl methyl sites for hydroxylation is 1. The van der Waals surface area contributed by atoms with Gasteiger partial charge < -0.3 is 0 Å². The lowest BCUT2D eigenvalue weighted by molar-refractivity contribution is 0.0849. The summed E-state index contributed by atoms with van der Waals surface area (Å²) in [4.78, 5) is 24.3. The third kappa shape index (κ3) is 4.98. The van der Waals surface area contributed by atoms with Crippen LogP contribution in [0, 0.1) is 12.7 Å². The number of thiophene rings is 1. The van der Waals surface area contributed by atoms with E-state index in [1.54, 1.807) is 17.5 Å². The van der Waals surface area contributed by atoms with Crippen molar-refractivity contribution in [1.29, 1.82) is 0 Å². The number of carbonyl (C=O) groups is 2. The van der Waals surface area contributed by atoms with Gasteiger partial charge >= 0.3 is 0 Å². The smallest absolute Gasteiger partial charge is 0.279 e. The van der Waals surface area contributed by atoms with Gasteiger partial charge in [-0.3, -0.25) is 25.2 Å². The van der Waals surface area contributed by atoms with Crippen LogP contribution >= 0.6 is 11.3 Å². The molecule has 0 aliphatic rings. The number of amides is 2. The van der Waals surface area contributed by atoms with E-state index in [-0.39, 0.29) is 16.1 Å². The molecule has 3 N–H and O–H groups in total. The van der Waals surface area contributed by atoms with E-state index in [1.165, 1.54) is 54.7 Å². The first-order chi connectivity index (χ1) is 13.8. The van der Waals surface area contributed by atoms with Crippen LogP contribution < -0.4 is 15.6 Å². The molecule has 150 valence electrons. The van der Waals surface area contributed by atoms with Gasteiger partial charge in [0.2, 0.25) is 0 Å². The standard InChI is InChI=1S/C19H16FN3O4S2/c1-12-7-8-15(11-16(12)20)29(26,27)23-14-5-2-4-13(10-14)18(24)21-22-19(25)17-6-3-9-28-17/h2-11,23H,1H3,(H,21,24)(H,22,25). The highest BCUT2D eigenvalue weighted by molar-refractivity contribution is 7.92. The maximum Gasteiger partial charge on any atom is 0.279 e. The first-order valence-corrected chi connectivity index (χ1v) is 10.7. The Morgan fingerprint density at radius 3 is 2.41 bits per heavy atom. The summed E-state index contributed by atoms with van der Waals surface area (Å²) in [5, 5.41) is 1.73. The molecule has 1 heterocycles. The van der Waals surface area contributed by atoms with Crippen LogP contribution in [-0.2, 0) is 10.0 Å². The molecule has 2 amide bonds. The Kier molecular flexibility index (Phi) is 5.95. The minimum absolute atomic E-state index is 0.114. The molecule has 0 saturated carbocycles. The topological polar surface area (TPSA) is 104 Å². The van der Waals surface area contributed by atoms with Gasteiger partial charge in [0.25, 0.3) is 21.8 Å². The Balaban J connectivity index is 1.70. The van der Waals surface area contributed by atoms with Crippen LogP contribution in [-0.4, -0.2) is 20.2 Å². The minimum Gasteiger partial charge on any atom is -0.280 e. The molecule has 0 bridgehead atoms. The Labute approximate surface area is 170 Å². The predicted molar refractivity (Wildman–Crippen MR) is 108 cm³/mol. The Morgan fingerprint density at radius 2 is 1.72 bits per heavy atom. The molecule has 0 unspecified atom stereocenters. The monoisotopic (exact) mass is 433 g/mol. The van der Waals surface area contributed by atoms with Crippen LogP contribution in [0.15, 0.2) is 64.9 Å². The first-order valence-electron chi connectivity index (χ1n) is 8.29. The summed E-state index contributed by atoms with van der Waals surface area (Å²) in [5.74, 6) is -1.73. The van der Waals surface area contributed by atoms with E-state index < -0.39 is 27.7 Å². The molecule has 0 atom stereocenters. The maximum absolute atomic E-state index is 13.7. The van der Waals surface area contributed by atoms with Crippen molar-refractivity contribution < 1.29 is 22.4 Å². The summed E-state index contributed by atoms with van der Waals surface area (Å²) in [7, 11) is -4.04. The van der Waals surface area contributed by atoms with Crippen molar-refractivity contribution in [3.63, 3.8) is 0 Å². The van der Waals surface area contributed by atoms with E-state index in [1.807, 2.05) is 0 Å². The zero-order valence-electron chi connectivity index (χ0n) is 15.1. The molecule has 3 aromatic rings. The number of hydrazine groups is 1. The summed E-state index contributed by atoms with van der Waals surface area (Å²) >= 11 is 1.22. The molecule has 1 aromatic heterocycles. The average Bonchev–Trinajstić information content (AvgIpc) is 3.22. The Bertz CT molecular complexity index is 1160. The number of anilines is 1. The highest BCUT2D eigenvalue weighted by Gasteiger charge is 2.17. The van der Waals surface area contributed by atoms with E-state index in [0.29, 0.717) is 10.4 Å². The van der Waals surface area contributed by atoms with Crippen LogP contribution in [0.3, 0.4) is 0 Å². The number of halogens is 1. The molecule has 7 nitrogen and oxygen atoms in total. The highest BCUT2D eigenvalue weighted by Crippen LogP contribution is 2.19. The summed E-state index contributed by atoms with van der Waals surface area (Å²) in [6.45, 7) is 1.53. The SMILES string of the molecule is Cc1ccc(S(=O)(=O)Nc2cccc(C(=O)NNC(=O)c3cccs3)c2)cc1F. The number of hydrogen-bond donors (Lipinski definition) is 3. The number of hydrogen-bond acceptors (Lipinski definition) is 5. The molecule has 10 heteroatoms. The van der Waals surface area contributed by atoms with Gasteiger partial charge in [0.15, 0.2) is 0 Å². The van der Waals surface area contributed by atoms with E-state index in [2.05, 4.69) is 15.6 Å². The quantitative estimate of drug-likeness (QED) is 0.538. The van der Waals surface area contributed by atoms with E-state index >= 15 is 0 Å². The lowest BCUT2D eigenvalue weighted by atomic mass is 10.2. The molecule has 0 fully saturated rings. The van der Waals surface area contributed by atoms with Gasteiger partial charge in [-0.25, -0.2) is 12.8 Å². The number of rotatable bonds is 5. The minimum atomic E-state index is -4.04. The summed E-state index contributed by atoms with van der Waals surface area (Å²) in [6, 6.07) is 12.6. The zero-order chi connectivity index (χ0) is 21.0. The van der Waals surface area contributed by atoms with E-state index in [4.69, 9.17) is 0 Å². The lowest BCUT2D eigenvalue weighted by Crippen LogP contribution is -2.41. The van der Waals surface area contributed by atoms with Crippen LogP contribution in [0.4, 0.5) is 10.1 Å². The largest absolute Gasteiger partial charge is 0.280 e. The van der Waals surface area contributed by atoms with Gasteiger partial charge in [0, 0.05) is 11.3 Å². The molecular formula is C19H16FN3O4S2. The van der Waals surface area contributed by atoms with Crippen molar-refractivity contribution in [2.75, 3.05) is 4.72 Å². The second-order valence-electron chi connectivity index (χ2n) is 5.98. The molecule has 0 radical (unpaired) electrons. The van der Waals surface area contributed by atoms with Crippen LogP contribution in [0.2, 0.25) is 0 Å². The summed E-state index contributed by atoms with van der Waals surface area (Å²) in [6.07, 6.45) is 0. The number of carbonyl (C=O) groups excluding carboxylic acids is 2. The van der Waals surface area contributed by atoms with Gasteiger partial charge in [0.05, 0.1) is 9.77 Å². The van der Waals surface area contributed by atoms with Crippen molar-refractivity contribution >= 4 is 38.9 Å². The molecule has 0 saturated heterocycles. The third-order valence-electron chi connectivity index (χ3n) is 3.87. The average molecular weight is 433 g/mol. The predicted octanol–water partition coefficient (Wildman–Crippen LogP) is 3.07. The number of benzene rings is 2. The van der Waals surface area contributed by atoms with Crippen molar-refractivity contribution in [2.45, 2.75) is 11.8 Å². The van der Waals surface area contributed by atoms with Crippen molar-refractivity contribution in [2.24, 2.45) is 0 Å². The normalized spacial score (nSPS) is 11.0. The molecular weight excluding hydrogens is 417 g/mol. The van der Waals surface area contributed by atoms with Gasteiger partial charge in [-0.2, -0.15) is 0 Å². The van der Waals surface area contributed by atoms with Gasteiger partial charge in [-0.15, -0.1) is 11.3 Å². The fraction of sp³-hybridized carbons (Fsp3) is 0.0526. The van der Waals surface area contributed by atoms with Gasteiger partial charge in [-0.05, 0) is 54.3 Å². The molecule has 2 aromatic carbocycles. The maximum atomic E-state index is 13.7. The Hall–Kier alpha value is -3.24. The number of nitrogens with one attached hydrogen (secondary N) is 3. The fourth-order valence-electron chi connectivity index (χ4n) is 2.33. The second kappa shape index (κ2) is 8.41. The lowest BCUT2D eigenvalue weighted by Gasteiger charge is -2.11. The van der Waals surface area contributed by atoms with Crippen molar-refractivity contribution in [3.8, 4) is 0 Å². The van der Waals surface area contributed by atoms with Crippen molar-refractivity contribution in [3.05, 3.63) is 81.8 Å². The Morgan fingerprint density at radius 1 is 0.966 bits per heavy atom. The summed E-state index contributed by atoms with van der Waals surface area (Å²) < 4.78 is 40.9. The first kappa shape index (κ1) is 20.5. The third-order valence-corrected chi connectivity index (χ3v) is 6.11. The second-order valence-corrected chi connectivity index (χ2v) is 8.61. The van der Waals surface area contributed by atoms with Gasteiger partial charge in [0.1, 0.15) is 5.82 Å². The highest BCUT2D eigenvalue weighted by atomic mass is 32.2. The van der Waals surface area contributed by atoms with E-state index in [0.717, 1.165) is 6.07 Å². The number of sulfonamides is 1. The van der Waals surface area contributed by atoms with Crippen LogP contribution in [0.25, 0.3) is 0 Å².